The van der Waals surface area contributed by atoms with Crippen LogP contribution < -0.4 is 15.8 Å². The molecule has 0 aliphatic rings. The largest absolute Gasteiger partial charge is 0.497 e. The number of carbonyl (C=O) groups is 2. The highest BCUT2D eigenvalue weighted by atomic mass is 16.5. The Morgan fingerprint density at radius 2 is 1.88 bits per heavy atom. The summed E-state index contributed by atoms with van der Waals surface area (Å²) in [5, 5.41) is 21.7. The average molecular weight is 552 g/mol. The van der Waals surface area contributed by atoms with Crippen molar-refractivity contribution in [1.82, 2.24) is 14.9 Å². The molecule has 0 atom stereocenters. The second-order valence-corrected chi connectivity index (χ2v) is 9.46. The average Bonchev–Trinajstić information content (AvgIpc) is 3.63. The third-order valence-electron chi connectivity index (χ3n) is 7.00. The maximum Gasteiger partial charge on any atom is 0.336 e. The topological polar surface area (TPSA) is 156 Å². The van der Waals surface area contributed by atoms with Gasteiger partial charge >= 0.3 is 5.97 Å². The number of oxazole rings is 1. The van der Waals surface area contributed by atoms with E-state index < -0.39 is 5.97 Å². The molecule has 208 valence electrons. The van der Waals surface area contributed by atoms with E-state index in [1.54, 1.807) is 24.3 Å². The number of rotatable bonds is 10. The van der Waals surface area contributed by atoms with Crippen LogP contribution in [0.3, 0.4) is 0 Å². The Bertz CT molecular complexity index is 1770. The lowest BCUT2D eigenvalue weighted by molar-refractivity contribution is 0.0697. The number of aromatic carboxylic acids is 1. The summed E-state index contributed by atoms with van der Waals surface area (Å²) in [7, 11) is 1.48. The Balaban J connectivity index is 1.61. The summed E-state index contributed by atoms with van der Waals surface area (Å²) in [6.07, 6.45) is 5.47. The second-order valence-electron chi connectivity index (χ2n) is 9.46. The summed E-state index contributed by atoms with van der Waals surface area (Å²) in [6.45, 7) is 2.87. The lowest BCUT2D eigenvalue weighted by Crippen LogP contribution is -2.23. The van der Waals surface area contributed by atoms with Gasteiger partial charge in [0.1, 0.15) is 17.8 Å². The number of aromatic nitrogens is 2. The summed E-state index contributed by atoms with van der Waals surface area (Å²) in [4.78, 5) is 29.4. The van der Waals surface area contributed by atoms with E-state index in [4.69, 9.17) is 20.3 Å². The van der Waals surface area contributed by atoms with Gasteiger partial charge in [-0.2, -0.15) is 0 Å². The smallest absolute Gasteiger partial charge is 0.336 e. The first-order valence-corrected chi connectivity index (χ1v) is 13.0. The number of methoxy groups -OCH3 is 1. The molecule has 0 bridgehead atoms. The van der Waals surface area contributed by atoms with E-state index in [0.29, 0.717) is 40.3 Å². The number of nitrogens with zero attached hydrogens (tertiary/aromatic N) is 2. The van der Waals surface area contributed by atoms with Crippen molar-refractivity contribution in [3.05, 3.63) is 107 Å². The predicted molar refractivity (Wildman–Crippen MR) is 154 cm³/mol. The predicted octanol–water partition coefficient (Wildman–Crippen LogP) is 4.83. The van der Waals surface area contributed by atoms with Gasteiger partial charge in [-0.05, 0) is 65.6 Å². The van der Waals surface area contributed by atoms with Crippen LogP contribution in [0.25, 0.3) is 22.0 Å². The molecule has 0 saturated carbocycles. The van der Waals surface area contributed by atoms with E-state index >= 15 is 0 Å². The van der Waals surface area contributed by atoms with Crippen LogP contribution in [-0.4, -0.2) is 39.5 Å². The zero-order chi connectivity index (χ0) is 29.1. The molecule has 0 radical (unpaired) electrons. The van der Waals surface area contributed by atoms with Crippen molar-refractivity contribution in [2.24, 2.45) is 5.73 Å². The number of carboxylic acids is 1. The van der Waals surface area contributed by atoms with Crippen LogP contribution in [0.15, 0.2) is 77.7 Å². The maximum absolute atomic E-state index is 13.1. The highest BCUT2D eigenvalue weighted by molar-refractivity contribution is 6.01. The Hall–Kier alpha value is -5.38. The molecule has 0 aliphatic heterocycles. The SMILES string of the molecule is CCn1cc(Cc2ccc(C(=O)NCc3ncco3)cc2-c2ccc(OC)cc2C(=O)O)c2ccc(C(=N)N)cc21. The van der Waals surface area contributed by atoms with Crippen LogP contribution in [0.5, 0.6) is 5.75 Å². The van der Waals surface area contributed by atoms with Gasteiger partial charge in [0.15, 0.2) is 0 Å². The van der Waals surface area contributed by atoms with Crippen molar-refractivity contribution in [2.45, 2.75) is 26.4 Å². The van der Waals surface area contributed by atoms with Crippen molar-refractivity contribution >= 4 is 28.6 Å². The number of nitrogens with one attached hydrogen (secondary N) is 2. The van der Waals surface area contributed by atoms with Gasteiger partial charge in [-0.3, -0.25) is 10.2 Å². The Morgan fingerprint density at radius 3 is 2.56 bits per heavy atom. The number of carboxylic acid groups (broad SMARTS) is 1. The first-order chi connectivity index (χ1) is 19.8. The van der Waals surface area contributed by atoms with Gasteiger partial charge in [0.2, 0.25) is 5.89 Å². The third kappa shape index (κ3) is 5.53. The normalized spacial score (nSPS) is 11.0. The standard InChI is InChI=1S/C31H29N5O5/c1-3-36-17-21(23-8-6-19(29(32)33)14-27(23)36)12-18-4-5-20(30(37)35-16-28-34-10-11-41-28)13-25(18)24-9-7-22(40-2)15-26(24)31(38)39/h4-11,13-15,17H,3,12,16H2,1-2H3,(H3,32,33)(H,35,37)(H,38,39). The van der Waals surface area contributed by atoms with Crippen molar-refractivity contribution in [3.63, 3.8) is 0 Å². The molecule has 5 rings (SSSR count). The van der Waals surface area contributed by atoms with E-state index in [0.717, 1.165) is 28.6 Å². The molecule has 2 heterocycles. The quantitative estimate of drug-likeness (QED) is 0.143. The number of fused-ring (bicyclic) bond motifs is 1. The van der Waals surface area contributed by atoms with Crippen molar-refractivity contribution in [3.8, 4) is 16.9 Å². The van der Waals surface area contributed by atoms with Crippen molar-refractivity contribution < 1.29 is 23.8 Å². The maximum atomic E-state index is 13.1. The molecular weight excluding hydrogens is 522 g/mol. The van der Waals surface area contributed by atoms with Crippen LogP contribution in [-0.2, 0) is 19.5 Å². The molecule has 5 N–H and O–H groups in total. The number of nitrogen functional groups attached to an aromatic ring is 1. The summed E-state index contributed by atoms with van der Waals surface area (Å²) in [5.41, 5.74) is 10.7. The zero-order valence-corrected chi connectivity index (χ0v) is 22.6. The number of amides is 1. The van der Waals surface area contributed by atoms with Gasteiger partial charge in [0, 0.05) is 41.2 Å². The summed E-state index contributed by atoms with van der Waals surface area (Å²) in [5.74, 6) is -0.667. The molecular formula is C31H29N5O5. The third-order valence-corrected chi connectivity index (χ3v) is 7.00. The lowest BCUT2D eigenvalue weighted by Gasteiger charge is -2.15. The van der Waals surface area contributed by atoms with Crippen LogP contribution in [0.4, 0.5) is 0 Å². The van der Waals surface area contributed by atoms with E-state index in [-0.39, 0.29) is 23.9 Å². The van der Waals surface area contributed by atoms with Crippen molar-refractivity contribution in [1.29, 1.82) is 5.41 Å². The summed E-state index contributed by atoms with van der Waals surface area (Å²) in [6, 6.07) is 15.8. The van der Waals surface area contributed by atoms with Crippen LogP contribution in [0, 0.1) is 5.41 Å². The number of hydrogen-bond acceptors (Lipinski definition) is 6. The molecule has 0 fully saturated rings. The van der Waals surface area contributed by atoms with Crippen LogP contribution in [0.2, 0.25) is 0 Å². The van der Waals surface area contributed by atoms with Gasteiger partial charge in [-0.1, -0.05) is 18.2 Å². The van der Waals surface area contributed by atoms with Gasteiger partial charge in [0.25, 0.3) is 5.91 Å². The number of hydrogen-bond donors (Lipinski definition) is 4. The molecule has 0 spiro atoms. The van der Waals surface area contributed by atoms with Gasteiger partial charge in [0.05, 0.1) is 25.4 Å². The Morgan fingerprint density at radius 1 is 1.07 bits per heavy atom. The molecule has 10 heteroatoms. The van der Waals surface area contributed by atoms with Gasteiger partial charge < -0.3 is 29.9 Å². The van der Waals surface area contributed by atoms with Crippen LogP contribution >= 0.6 is 0 Å². The number of carbonyl (C=O) groups excluding carboxylic acids is 1. The molecule has 10 nitrogen and oxygen atoms in total. The van der Waals surface area contributed by atoms with E-state index in [1.807, 2.05) is 31.2 Å². The molecule has 41 heavy (non-hydrogen) atoms. The molecule has 0 saturated heterocycles. The highest BCUT2D eigenvalue weighted by Crippen LogP contribution is 2.34. The number of aryl methyl sites for hydroxylation is 1. The Kier molecular flexibility index (Phi) is 7.55. The Labute approximate surface area is 235 Å². The minimum absolute atomic E-state index is 0.00279. The zero-order valence-electron chi connectivity index (χ0n) is 22.6. The van der Waals surface area contributed by atoms with Gasteiger partial charge in [-0.25, -0.2) is 9.78 Å². The molecule has 1 amide bonds. The minimum atomic E-state index is -1.11. The molecule has 5 aromatic rings. The van der Waals surface area contributed by atoms with Crippen LogP contribution in [0.1, 0.15) is 50.2 Å². The molecule has 3 aromatic carbocycles. The fourth-order valence-electron chi connectivity index (χ4n) is 4.93. The molecule has 2 aromatic heterocycles. The minimum Gasteiger partial charge on any atom is -0.497 e. The number of ether oxygens (including phenoxy) is 1. The first kappa shape index (κ1) is 27.2. The van der Waals surface area contributed by atoms with Gasteiger partial charge in [-0.15, -0.1) is 0 Å². The van der Waals surface area contributed by atoms with Crippen molar-refractivity contribution in [2.75, 3.05) is 7.11 Å². The fourth-order valence-corrected chi connectivity index (χ4v) is 4.93. The number of amidine groups is 1. The second kappa shape index (κ2) is 11.4. The molecule has 0 unspecified atom stereocenters. The van der Waals surface area contributed by atoms with E-state index in [2.05, 4.69) is 21.1 Å². The first-order valence-electron chi connectivity index (χ1n) is 13.0. The van der Waals surface area contributed by atoms with E-state index in [1.165, 1.54) is 25.6 Å². The van der Waals surface area contributed by atoms with E-state index in [9.17, 15) is 14.7 Å². The number of nitrogens with two attached hydrogens (primary N) is 1. The number of benzene rings is 3. The molecule has 0 aliphatic carbocycles. The summed E-state index contributed by atoms with van der Waals surface area (Å²) >= 11 is 0. The lowest BCUT2D eigenvalue weighted by atomic mass is 9.90. The fraction of sp³-hybridized carbons (Fsp3) is 0.161. The summed E-state index contributed by atoms with van der Waals surface area (Å²) < 4.78 is 12.6. The highest BCUT2D eigenvalue weighted by Gasteiger charge is 2.20. The monoisotopic (exact) mass is 551 g/mol.